The van der Waals surface area contributed by atoms with Gasteiger partial charge in [0, 0.05) is 11.7 Å². The van der Waals surface area contributed by atoms with E-state index in [0.717, 1.165) is 48.9 Å². The van der Waals surface area contributed by atoms with Gasteiger partial charge in [-0.25, -0.2) is 0 Å². The van der Waals surface area contributed by atoms with Crippen molar-refractivity contribution in [3.8, 4) is 11.1 Å². The summed E-state index contributed by atoms with van der Waals surface area (Å²) in [6, 6.07) is 14.5. The number of aryl methyl sites for hydroxylation is 1. The van der Waals surface area contributed by atoms with Crippen LogP contribution in [0, 0.1) is 0 Å². The second-order valence-electron chi connectivity index (χ2n) is 6.82. The van der Waals surface area contributed by atoms with Crippen molar-refractivity contribution in [1.82, 2.24) is 0 Å². The molecule has 0 aliphatic heterocycles. The lowest BCUT2D eigenvalue weighted by Crippen LogP contribution is -2.29. The minimum absolute atomic E-state index is 0.192. The second-order valence-corrected chi connectivity index (χ2v) is 6.82. The molecular weight excluding hydrogens is 312 g/mol. The van der Waals surface area contributed by atoms with E-state index in [1.807, 2.05) is 18.2 Å². The minimum atomic E-state index is -0.426. The van der Waals surface area contributed by atoms with Gasteiger partial charge in [0.25, 0.3) is 5.91 Å². The predicted molar refractivity (Wildman–Crippen MR) is 102 cm³/mol. The molecule has 4 N–H and O–H groups in total. The van der Waals surface area contributed by atoms with Gasteiger partial charge >= 0.3 is 0 Å². The van der Waals surface area contributed by atoms with Crippen molar-refractivity contribution >= 4 is 11.6 Å². The maximum atomic E-state index is 11.9. The summed E-state index contributed by atoms with van der Waals surface area (Å²) in [7, 11) is 0. The van der Waals surface area contributed by atoms with Crippen LogP contribution in [0.4, 0.5) is 5.69 Å². The number of hydrogen-bond acceptors (Lipinski definition) is 3. The molecule has 4 nitrogen and oxygen atoms in total. The Morgan fingerprint density at radius 2 is 1.72 bits per heavy atom. The molecule has 2 aromatic rings. The molecule has 0 atom stereocenters. The standard InChI is InChI=1S/C21H26N2O2/c1-2-14-3-5-15(6-4-14)16-7-12-20(19(13-16)21(22)25)23-17-8-10-18(24)11-9-17/h3-7,12-13,17-18,23-24H,2,8-11H2,1H3,(H2,22,25). The van der Waals surface area contributed by atoms with E-state index in [0.29, 0.717) is 5.56 Å². The third kappa shape index (κ3) is 4.20. The summed E-state index contributed by atoms with van der Waals surface area (Å²) in [5.41, 5.74) is 10.3. The number of anilines is 1. The number of aliphatic hydroxyl groups excluding tert-OH is 1. The Kier molecular flexibility index (Phi) is 5.39. The van der Waals surface area contributed by atoms with Crippen molar-refractivity contribution in [3.05, 3.63) is 53.6 Å². The first-order chi connectivity index (χ1) is 12.1. The second kappa shape index (κ2) is 7.70. The summed E-state index contributed by atoms with van der Waals surface area (Å²) < 4.78 is 0. The summed E-state index contributed by atoms with van der Waals surface area (Å²) >= 11 is 0. The number of primary amides is 1. The van der Waals surface area contributed by atoms with E-state index in [4.69, 9.17) is 5.73 Å². The third-order valence-electron chi connectivity index (χ3n) is 5.04. The van der Waals surface area contributed by atoms with Crippen molar-refractivity contribution in [1.29, 1.82) is 0 Å². The van der Waals surface area contributed by atoms with E-state index in [1.54, 1.807) is 0 Å². The molecular formula is C21H26N2O2. The molecule has 132 valence electrons. The molecule has 4 heteroatoms. The normalized spacial score (nSPS) is 20.2. The van der Waals surface area contributed by atoms with Crippen LogP contribution in [0.1, 0.15) is 48.5 Å². The van der Waals surface area contributed by atoms with Crippen LogP contribution in [0.3, 0.4) is 0 Å². The van der Waals surface area contributed by atoms with Gasteiger partial charge in [0.2, 0.25) is 0 Å². The van der Waals surface area contributed by atoms with Crippen LogP contribution in [0.2, 0.25) is 0 Å². The molecule has 0 radical (unpaired) electrons. The maximum absolute atomic E-state index is 11.9. The minimum Gasteiger partial charge on any atom is -0.393 e. The first kappa shape index (κ1) is 17.5. The van der Waals surface area contributed by atoms with Crippen LogP contribution in [0.25, 0.3) is 11.1 Å². The molecule has 25 heavy (non-hydrogen) atoms. The van der Waals surface area contributed by atoms with Gasteiger partial charge in [-0.15, -0.1) is 0 Å². The number of rotatable bonds is 5. The average molecular weight is 338 g/mol. The Hall–Kier alpha value is -2.33. The van der Waals surface area contributed by atoms with Gasteiger partial charge in [-0.05, 0) is 60.9 Å². The van der Waals surface area contributed by atoms with Gasteiger partial charge in [0.05, 0.1) is 11.7 Å². The van der Waals surface area contributed by atoms with Crippen LogP contribution >= 0.6 is 0 Å². The van der Waals surface area contributed by atoms with Gasteiger partial charge in [0.15, 0.2) is 0 Å². The largest absolute Gasteiger partial charge is 0.393 e. The quantitative estimate of drug-likeness (QED) is 0.777. The molecule has 1 aliphatic carbocycles. The number of nitrogens with two attached hydrogens (primary N) is 1. The highest BCUT2D eigenvalue weighted by Gasteiger charge is 2.20. The highest BCUT2D eigenvalue weighted by molar-refractivity contribution is 5.99. The Balaban J connectivity index is 1.83. The topological polar surface area (TPSA) is 75.3 Å². The number of carbonyl (C=O) groups is 1. The molecule has 0 heterocycles. The molecule has 0 spiro atoms. The molecule has 0 aromatic heterocycles. The van der Waals surface area contributed by atoms with Crippen LogP contribution < -0.4 is 11.1 Å². The summed E-state index contributed by atoms with van der Waals surface area (Å²) in [6.07, 6.45) is 4.21. The summed E-state index contributed by atoms with van der Waals surface area (Å²) in [4.78, 5) is 11.9. The van der Waals surface area contributed by atoms with E-state index < -0.39 is 5.91 Å². The van der Waals surface area contributed by atoms with Crippen LogP contribution in [0.15, 0.2) is 42.5 Å². The number of hydrogen-bond donors (Lipinski definition) is 3. The number of benzene rings is 2. The number of nitrogens with one attached hydrogen (secondary N) is 1. The lowest BCUT2D eigenvalue weighted by molar-refractivity contribution is 0.100. The number of aliphatic hydroxyl groups is 1. The Labute approximate surface area is 149 Å². The Morgan fingerprint density at radius 3 is 2.32 bits per heavy atom. The lowest BCUT2D eigenvalue weighted by Gasteiger charge is -2.27. The van der Waals surface area contributed by atoms with Gasteiger partial charge in [-0.1, -0.05) is 37.3 Å². The van der Waals surface area contributed by atoms with Crippen LogP contribution in [-0.2, 0) is 6.42 Å². The molecule has 0 unspecified atom stereocenters. The highest BCUT2D eigenvalue weighted by atomic mass is 16.3. The molecule has 1 aliphatic rings. The van der Waals surface area contributed by atoms with Crippen LogP contribution in [0.5, 0.6) is 0 Å². The molecule has 0 saturated heterocycles. The molecule has 0 bridgehead atoms. The molecule has 1 fully saturated rings. The summed E-state index contributed by atoms with van der Waals surface area (Å²) in [6.45, 7) is 2.13. The summed E-state index contributed by atoms with van der Waals surface area (Å²) in [5.74, 6) is -0.426. The van der Waals surface area contributed by atoms with Crippen molar-refractivity contribution in [2.75, 3.05) is 5.32 Å². The first-order valence-corrected chi connectivity index (χ1v) is 9.04. The van der Waals surface area contributed by atoms with E-state index in [9.17, 15) is 9.90 Å². The predicted octanol–water partition coefficient (Wildman–Crippen LogP) is 3.73. The van der Waals surface area contributed by atoms with Crippen molar-refractivity contribution < 1.29 is 9.90 Å². The lowest BCUT2D eigenvalue weighted by atomic mass is 9.92. The zero-order valence-electron chi connectivity index (χ0n) is 14.7. The van der Waals surface area contributed by atoms with Gasteiger partial charge in [0.1, 0.15) is 0 Å². The highest BCUT2D eigenvalue weighted by Crippen LogP contribution is 2.28. The smallest absolute Gasteiger partial charge is 0.250 e. The molecule has 3 rings (SSSR count). The van der Waals surface area contributed by atoms with Crippen molar-refractivity contribution in [2.45, 2.75) is 51.2 Å². The van der Waals surface area contributed by atoms with Gasteiger partial charge in [-0.2, -0.15) is 0 Å². The van der Waals surface area contributed by atoms with Crippen LogP contribution in [-0.4, -0.2) is 23.2 Å². The molecule has 1 saturated carbocycles. The van der Waals surface area contributed by atoms with E-state index in [-0.39, 0.29) is 12.1 Å². The third-order valence-corrected chi connectivity index (χ3v) is 5.04. The summed E-state index contributed by atoms with van der Waals surface area (Å²) in [5, 5.41) is 13.1. The zero-order valence-corrected chi connectivity index (χ0v) is 14.7. The van der Waals surface area contributed by atoms with Gasteiger partial charge in [-0.3, -0.25) is 4.79 Å². The van der Waals surface area contributed by atoms with E-state index >= 15 is 0 Å². The molecule has 2 aromatic carbocycles. The Morgan fingerprint density at radius 1 is 1.08 bits per heavy atom. The molecule has 1 amide bonds. The monoisotopic (exact) mass is 338 g/mol. The fraction of sp³-hybridized carbons (Fsp3) is 0.381. The fourth-order valence-electron chi connectivity index (χ4n) is 3.43. The number of carbonyl (C=O) groups excluding carboxylic acids is 1. The van der Waals surface area contributed by atoms with Crippen molar-refractivity contribution in [2.24, 2.45) is 5.73 Å². The van der Waals surface area contributed by atoms with E-state index in [2.05, 4.69) is 36.5 Å². The van der Waals surface area contributed by atoms with E-state index in [1.165, 1.54) is 5.56 Å². The van der Waals surface area contributed by atoms with Crippen molar-refractivity contribution in [3.63, 3.8) is 0 Å². The fourth-order valence-corrected chi connectivity index (χ4v) is 3.43. The Bertz CT molecular complexity index is 732. The maximum Gasteiger partial charge on any atom is 0.250 e. The first-order valence-electron chi connectivity index (χ1n) is 9.04. The number of amides is 1. The average Bonchev–Trinajstić information content (AvgIpc) is 2.64. The SMILES string of the molecule is CCc1ccc(-c2ccc(NC3CCC(O)CC3)c(C(N)=O)c2)cc1. The zero-order chi connectivity index (χ0) is 17.8. The van der Waals surface area contributed by atoms with Gasteiger partial charge < -0.3 is 16.2 Å².